The second kappa shape index (κ2) is 4.03. The molecule has 2 aliphatic heterocycles. The van der Waals surface area contributed by atoms with Gasteiger partial charge in [-0.05, 0) is 18.9 Å². The molecular formula is C12H15ClN2O2. The lowest BCUT2D eigenvalue weighted by Crippen LogP contribution is -2.55. The average molecular weight is 255 g/mol. The molecule has 1 aromatic heterocycles. The summed E-state index contributed by atoms with van der Waals surface area (Å²) in [6.45, 7) is 3.46. The number of aromatic amines is 1. The molecule has 0 bridgehead atoms. The number of nitrogens with zero attached hydrogens (tertiary/aromatic N) is 1. The van der Waals surface area contributed by atoms with Gasteiger partial charge in [-0.1, -0.05) is 11.6 Å². The highest BCUT2D eigenvalue weighted by molar-refractivity contribution is 6.30. The molecule has 0 saturated carbocycles. The standard InChI is InChI=1S/C12H15ClN2O2/c13-9-4-10(11(16)14-5-9)15-3-1-2-12(6-15)7-17-8-12/h4-5H,1-3,6-8H2,(H,14,16). The van der Waals surface area contributed by atoms with E-state index < -0.39 is 0 Å². The van der Waals surface area contributed by atoms with Crippen molar-refractivity contribution < 1.29 is 4.74 Å². The predicted octanol–water partition coefficient (Wildman–Crippen LogP) is 1.65. The van der Waals surface area contributed by atoms with Gasteiger partial charge in [0, 0.05) is 24.7 Å². The van der Waals surface area contributed by atoms with Gasteiger partial charge in [0.2, 0.25) is 0 Å². The Labute approximate surface area is 105 Å². The number of anilines is 1. The van der Waals surface area contributed by atoms with Crippen LogP contribution >= 0.6 is 11.6 Å². The molecule has 1 N–H and O–H groups in total. The Hall–Kier alpha value is -1.00. The molecular weight excluding hydrogens is 240 g/mol. The number of ether oxygens (including phenoxy) is 1. The van der Waals surface area contributed by atoms with E-state index in [0.29, 0.717) is 10.7 Å². The first kappa shape index (κ1) is 11.1. The molecule has 3 rings (SSSR count). The summed E-state index contributed by atoms with van der Waals surface area (Å²) in [5.41, 5.74) is 0.891. The minimum absolute atomic E-state index is 0.0632. The second-order valence-electron chi connectivity index (χ2n) is 5.05. The zero-order chi connectivity index (χ0) is 11.9. The Morgan fingerprint density at radius 3 is 3.00 bits per heavy atom. The normalized spacial score (nSPS) is 22.5. The van der Waals surface area contributed by atoms with Crippen LogP contribution in [0.2, 0.25) is 5.02 Å². The van der Waals surface area contributed by atoms with Crippen molar-refractivity contribution in [3.8, 4) is 0 Å². The SMILES string of the molecule is O=c1[nH]cc(Cl)cc1N1CCCC2(COC2)C1. The Kier molecular flexibility index (Phi) is 2.64. The highest BCUT2D eigenvalue weighted by Gasteiger charge is 2.42. The van der Waals surface area contributed by atoms with Gasteiger partial charge in [-0.3, -0.25) is 4.79 Å². The largest absolute Gasteiger partial charge is 0.380 e. The number of H-pyrrole nitrogens is 1. The lowest BCUT2D eigenvalue weighted by atomic mass is 9.78. The number of rotatable bonds is 1. The molecule has 2 aliphatic rings. The zero-order valence-electron chi connectivity index (χ0n) is 9.54. The fourth-order valence-corrected chi connectivity index (χ4v) is 2.88. The van der Waals surface area contributed by atoms with Gasteiger partial charge < -0.3 is 14.6 Å². The molecule has 0 aliphatic carbocycles. The summed E-state index contributed by atoms with van der Waals surface area (Å²) >= 11 is 5.93. The third-order valence-electron chi connectivity index (χ3n) is 3.67. The molecule has 0 radical (unpaired) electrons. The zero-order valence-corrected chi connectivity index (χ0v) is 10.3. The van der Waals surface area contributed by atoms with E-state index in [1.807, 2.05) is 0 Å². The van der Waals surface area contributed by atoms with Gasteiger partial charge in [-0.25, -0.2) is 0 Å². The minimum atomic E-state index is -0.0632. The molecule has 17 heavy (non-hydrogen) atoms. The Morgan fingerprint density at radius 1 is 1.47 bits per heavy atom. The van der Waals surface area contributed by atoms with Crippen molar-refractivity contribution in [3.63, 3.8) is 0 Å². The monoisotopic (exact) mass is 254 g/mol. The molecule has 0 aromatic carbocycles. The van der Waals surface area contributed by atoms with E-state index in [2.05, 4.69) is 9.88 Å². The first-order valence-electron chi connectivity index (χ1n) is 5.90. The lowest BCUT2D eigenvalue weighted by Gasteiger charge is -2.48. The number of hydrogen-bond acceptors (Lipinski definition) is 3. The van der Waals surface area contributed by atoms with Crippen molar-refractivity contribution in [1.29, 1.82) is 0 Å². The number of piperidine rings is 1. The Balaban J connectivity index is 1.88. The molecule has 1 spiro atoms. The number of pyridine rings is 1. The molecule has 0 atom stereocenters. The number of hydrogen-bond donors (Lipinski definition) is 1. The molecule has 92 valence electrons. The Bertz CT molecular complexity index is 482. The summed E-state index contributed by atoms with van der Waals surface area (Å²) in [6.07, 6.45) is 3.83. The van der Waals surface area contributed by atoms with E-state index in [1.54, 1.807) is 6.07 Å². The fourth-order valence-electron chi connectivity index (χ4n) is 2.72. The quantitative estimate of drug-likeness (QED) is 0.829. The van der Waals surface area contributed by atoms with Gasteiger partial charge in [0.1, 0.15) is 5.69 Å². The summed E-state index contributed by atoms with van der Waals surface area (Å²) in [5, 5.41) is 0.573. The van der Waals surface area contributed by atoms with Crippen molar-refractivity contribution in [2.45, 2.75) is 12.8 Å². The van der Waals surface area contributed by atoms with Crippen molar-refractivity contribution in [3.05, 3.63) is 27.6 Å². The van der Waals surface area contributed by atoms with Crippen LogP contribution in [0.1, 0.15) is 12.8 Å². The van der Waals surface area contributed by atoms with Gasteiger partial charge >= 0.3 is 0 Å². The van der Waals surface area contributed by atoms with Gasteiger partial charge in [0.25, 0.3) is 5.56 Å². The summed E-state index contributed by atoms with van der Waals surface area (Å²) in [5.74, 6) is 0. The summed E-state index contributed by atoms with van der Waals surface area (Å²) < 4.78 is 5.32. The van der Waals surface area contributed by atoms with E-state index in [4.69, 9.17) is 16.3 Å². The third-order valence-corrected chi connectivity index (χ3v) is 3.89. The summed E-state index contributed by atoms with van der Waals surface area (Å²) in [6, 6.07) is 1.75. The van der Waals surface area contributed by atoms with E-state index >= 15 is 0 Å². The number of halogens is 1. The van der Waals surface area contributed by atoms with Crippen LogP contribution in [0.15, 0.2) is 17.1 Å². The van der Waals surface area contributed by atoms with Gasteiger partial charge in [-0.2, -0.15) is 0 Å². The summed E-state index contributed by atoms with van der Waals surface area (Å²) in [7, 11) is 0. The fraction of sp³-hybridized carbons (Fsp3) is 0.583. The van der Waals surface area contributed by atoms with Crippen LogP contribution in [0.4, 0.5) is 5.69 Å². The van der Waals surface area contributed by atoms with E-state index in [9.17, 15) is 4.79 Å². The van der Waals surface area contributed by atoms with Crippen molar-refractivity contribution >= 4 is 17.3 Å². The van der Waals surface area contributed by atoms with E-state index in [1.165, 1.54) is 12.6 Å². The number of nitrogens with one attached hydrogen (secondary N) is 1. The van der Waals surface area contributed by atoms with Gasteiger partial charge in [-0.15, -0.1) is 0 Å². The van der Waals surface area contributed by atoms with Crippen LogP contribution in [0.5, 0.6) is 0 Å². The highest BCUT2D eigenvalue weighted by Crippen LogP contribution is 2.38. The molecule has 3 heterocycles. The maximum Gasteiger partial charge on any atom is 0.271 e. The molecule has 4 nitrogen and oxygen atoms in total. The second-order valence-corrected chi connectivity index (χ2v) is 5.49. The van der Waals surface area contributed by atoms with Gasteiger partial charge in [0.15, 0.2) is 0 Å². The molecule has 1 aromatic rings. The molecule has 5 heteroatoms. The van der Waals surface area contributed by atoms with E-state index in [0.717, 1.165) is 32.7 Å². The first-order chi connectivity index (χ1) is 8.19. The topological polar surface area (TPSA) is 45.3 Å². The van der Waals surface area contributed by atoms with Crippen molar-refractivity contribution in [2.24, 2.45) is 5.41 Å². The van der Waals surface area contributed by atoms with Crippen LogP contribution in [0.3, 0.4) is 0 Å². The van der Waals surface area contributed by atoms with Crippen LogP contribution in [0, 0.1) is 5.41 Å². The maximum atomic E-state index is 11.8. The maximum absolute atomic E-state index is 11.8. The predicted molar refractivity (Wildman–Crippen MR) is 66.8 cm³/mol. The smallest absolute Gasteiger partial charge is 0.271 e. The summed E-state index contributed by atoms with van der Waals surface area (Å²) in [4.78, 5) is 16.6. The third kappa shape index (κ3) is 1.96. The molecule has 0 unspecified atom stereocenters. The lowest BCUT2D eigenvalue weighted by molar-refractivity contribution is -0.117. The molecule has 0 amide bonds. The van der Waals surface area contributed by atoms with Crippen molar-refractivity contribution in [1.82, 2.24) is 4.98 Å². The average Bonchev–Trinajstić information content (AvgIpc) is 2.30. The highest BCUT2D eigenvalue weighted by atomic mass is 35.5. The molecule has 2 fully saturated rings. The number of aromatic nitrogens is 1. The first-order valence-corrected chi connectivity index (χ1v) is 6.27. The van der Waals surface area contributed by atoms with Crippen molar-refractivity contribution in [2.75, 3.05) is 31.2 Å². The molecule has 2 saturated heterocycles. The van der Waals surface area contributed by atoms with Crippen LogP contribution in [-0.4, -0.2) is 31.3 Å². The van der Waals surface area contributed by atoms with E-state index in [-0.39, 0.29) is 11.0 Å². The Morgan fingerprint density at radius 2 is 2.29 bits per heavy atom. The van der Waals surface area contributed by atoms with Crippen LogP contribution in [-0.2, 0) is 4.74 Å². The minimum Gasteiger partial charge on any atom is -0.380 e. The van der Waals surface area contributed by atoms with Gasteiger partial charge in [0.05, 0.1) is 18.2 Å². The van der Waals surface area contributed by atoms with Crippen LogP contribution < -0.4 is 10.5 Å². The van der Waals surface area contributed by atoms with Crippen LogP contribution in [0.25, 0.3) is 0 Å².